The summed E-state index contributed by atoms with van der Waals surface area (Å²) < 4.78 is 6.42. The van der Waals surface area contributed by atoms with Gasteiger partial charge >= 0.3 is 5.97 Å². The first kappa shape index (κ1) is 8.77. The van der Waals surface area contributed by atoms with Crippen LogP contribution in [0, 0.1) is 0 Å². The second-order valence-electron chi connectivity index (χ2n) is 2.67. The van der Waals surface area contributed by atoms with Crippen molar-refractivity contribution in [3.05, 3.63) is 18.2 Å². The van der Waals surface area contributed by atoms with E-state index in [0.717, 1.165) is 5.69 Å². The number of carbonyl (C=O) groups is 1. The number of carbonyl (C=O) groups excluding carboxylic acids is 1. The van der Waals surface area contributed by atoms with Crippen molar-refractivity contribution in [1.29, 1.82) is 0 Å². The third-order valence-electron chi connectivity index (χ3n) is 1.85. The standard InChI is InChI=1S/C8H12N2O2/c1-6(8(11)12-3)7-4-9-5-10(7)2/h4-6H,1-3H3. The molecule has 12 heavy (non-hydrogen) atoms. The Morgan fingerprint density at radius 3 is 2.83 bits per heavy atom. The van der Waals surface area contributed by atoms with Crippen LogP contribution in [0.4, 0.5) is 0 Å². The Hall–Kier alpha value is -1.32. The normalized spacial score (nSPS) is 12.6. The Bertz CT molecular complexity index is 280. The molecular weight excluding hydrogens is 156 g/mol. The number of ether oxygens (including phenoxy) is 1. The Morgan fingerprint density at radius 2 is 2.42 bits per heavy atom. The number of aryl methyl sites for hydroxylation is 1. The van der Waals surface area contributed by atoms with Gasteiger partial charge in [0.2, 0.25) is 0 Å². The van der Waals surface area contributed by atoms with E-state index < -0.39 is 0 Å². The molecule has 0 aromatic carbocycles. The largest absolute Gasteiger partial charge is 0.469 e. The third kappa shape index (κ3) is 1.47. The van der Waals surface area contributed by atoms with Crippen molar-refractivity contribution in [3.8, 4) is 0 Å². The summed E-state index contributed by atoms with van der Waals surface area (Å²) in [6.07, 6.45) is 3.33. The molecule has 0 saturated heterocycles. The van der Waals surface area contributed by atoms with Gasteiger partial charge in [0, 0.05) is 13.2 Å². The van der Waals surface area contributed by atoms with E-state index in [1.54, 1.807) is 19.4 Å². The van der Waals surface area contributed by atoms with Crippen LogP contribution in [0.2, 0.25) is 0 Å². The molecule has 1 atom stereocenters. The molecule has 0 radical (unpaired) electrons. The van der Waals surface area contributed by atoms with E-state index in [2.05, 4.69) is 9.72 Å². The fourth-order valence-corrected chi connectivity index (χ4v) is 1.08. The van der Waals surface area contributed by atoms with E-state index in [1.807, 2.05) is 11.6 Å². The molecule has 0 N–H and O–H groups in total. The molecule has 0 saturated carbocycles. The van der Waals surface area contributed by atoms with Crippen molar-refractivity contribution in [1.82, 2.24) is 9.55 Å². The number of imidazole rings is 1. The SMILES string of the molecule is COC(=O)C(C)c1cncn1C. The maximum atomic E-state index is 11.1. The zero-order valence-electron chi connectivity index (χ0n) is 7.44. The van der Waals surface area contributed by atoms with Gasteiger partial charge in [0.25, 0.3) is 0 Å². The van der Waals surface area contributed by atoms with Crippen LogP contribution >= 0.6 is 0 Å². The number of methoxy groups -OCH3 is 1. The molecule has 1 rings (SSSR count). The predicted molar refractivity (Wildman–Crippen MR) is 43.6 cm³/mol. The minimum atomic E-state index is -0.248. The molecule has 1 heterocycles. The number of rotatable bonds is 2. The lowest BCUT2D eigenvalue weighted by Crippen LogP contribution is -2.13. The lowest BCUT2D eigenvalue weighted by atomic mass is 10.1. The zero-order chi connectivity index (χ0) is 9.14. The smallest absolute Gasteiger partial charge is 0.314 e. The second kappa shape index (κ2) is 3.38. The molecule has 0 aliphatic heterocycles. The highest BCUT2D eigenvalue weighted by molar-refractivity contribution is 5.76. The van der Waals surface area contributed by atoms with Crippen LogP contribution in [-0.2, 0) is 16.6 Å². The van der Waals surface area contributed by atoms with Crippen LogP contribution in [-0.4, -0.2) is 22.6 Å². The average molecular weight is 168 g/mol. The van der Waals surface area contributed by atoms with E-state index in [4.69, 9.17) is 0 Å². The number of aromatic nitrogens is 2. The van der Waals surface area contributed by atoms with Crippen LogP contribution in [0.3, 0.4) is 0 Å². The highest BCUT2D eigenvalue weighted by Crippen LogP contribution is 2.14. The maximum absolute atomic E-state index is 11.1. The number of nitrogens with zero attached hydrogens (tertiary/aromatic N) is 2. The molecule has 0 aliphatic rings. The maximum Gasteiger partial charge on any atom is 0.314 e. The van der Waals surface area contributed by atoms with Crippen LogP contribution in [0.15, 0.2) is 12.5 Å². The highest BCUT2D eigenvalue weighted by Gasteiger charge is 2.17. The molecule has 0 spiro atoms. The predicted octanol–water partition coefficient (Wildman–Crippen LogP) is 0.697. The monoisotopic (exact) mass is 168 g/mol. The van der Waals surface area contributed by atoms with Crippen molar-refractivity contribution in [2.24, 2.45) is 7.05 Å². The first-order valence-corrected chi connectivity index (χ1v) is 3.71. The van der Waals surface area contributed by atoms with Gasteiger partial charge in [-0.3, -0.25) is 4.79 Å². The Morgan fingerprint density at radius 1 is 1.75 bits per heavy atom. The molecule has 0 aliphatic carbocycles. The van der Waals surface area contributed by atoms with Crippen molar-refractivity contribution in [2.75, 3.05) is 7.11 Å². The van der Waals surface area contributed by atoms with Crippen LogP contribution in [0.1, 0.15) is 18.5 Å². The summed E-state index contributed by atoms with van der Waals surface area (Å²) in [7, 11) is 3.23. The van der Waals surface area contributed by atoms with E-state index in [9.17, 15) is 4.79 Å². The quantitative estimate of drug-likeness (QED) is 0.610. The molecule has 1 aromatic heterocycles. The minimum Gasteiger partial charge on any atom is -0.469 e. The van der Waals surface area contributed by atoms with Gasteiger partial charge in [-0.1, -0.05) is 0 Å². The van der Waals surface area contributed by atoms with Gasteiger partial charge in [-0.25, -0.2) is 4.98 Å². The summed E-state index contributed by atoms with van der Waals surface area (Å²) in [4.78, 5) is 15.0. The summed E-state index contributed by atoms with van der Waals surface area (Å²) in [6.45, 7) is 1.79. The Kier molecular flexibility index (Phi) is 2.47. The Balaban J connectivity index is 2.84. The molecule has 1 unspecified atom stereocenters. The summed E-state index contributed by atoms with van der Waals surface area (Å²) >= 11 is 0. The lowest BCUT2D eigenvalue weighted by molar-refractivity contribution is -0.142. The van der Waals surface area contributed by atoms with Gasteiger partial charge in [0.15, 0.2) is 0 Å². The first-order chi connectivity index (χ1) is 5.66. The van der Waals surface area contributed by atoms with E-state index in [0.29, 0.717) is 0 Å². The van der Waals surface area contributed by atoms with Crippen molar-refractivity contribution in [2.45, 2.75) is 12.8 Å². The van der Waals surface area contributed by atoms with E-state index in [-0.39, 0.29) is 11.9 Å². The van der Waals surface area contributed by atoms with Gasteiger partial charge in [-0.15, -0.1) is 0 Å². The molecule has 0 fully saturated rings. The molecule has 4 heteroatoms. The van der Waals surface area contributed by atoms with E-state index in [1.165, 1.54) is 7.11 Å². The second-order valence-corrected chi connectivity index (χ2v) is 2.67. The summed E-state index contributed by atoms with van der Waals surface area (Å²) in [5.41, 5.74) is 0.863. The lowest BCUT2D eigenvalue weighted by Gasteiger charge is -2.08. The van der Waals surface area contributed by atoms with Crippen LogP contribution in [0.25, 0.3) is 0 Å². The van der Waals surface area contributed by atoms with Gasteiger partial charge in [-0.2, -0.15) is 0 Å². The first-order valence-electron chi connectivity index (χ1n) is 3.71. The van der Waals surface area contributed by atoms with Gasteiger partial charge in [0.1, 0.15) is 0 Å². The van der Waals surface area contributed by atoms with Crippen LogP contribution in [0.5, 0.6) is 0 Å². The average Bonchev–Trinajstić information content (AvgIpc) is 2.48. The number of esters is 1. The highest BCUT2D eigenvalue weighted by atomic mass is 16.5. The minimum absolute atomic E-state index is 0.237. The molecular formula is C8H12N2O2. The number of hydrogen-bond acceptors (Lipinski definition) is 3. The fourth-order valence-electron chi connectivity index (χ4n) is 1.08. The van der Waals surface area contributed by atoms with Gasteiger partial charge < -0.3 is 9.30 Å². The summed E-state index contributed by atoms with van der Waals surface area (Å²) in [5, 5.41) is 0. The Labute approximate surface area is 71.2 Å². The molecule has 0 bridgehead atoms. The topological polar surface area (TPSA) is 44.1 Å². The van der Waals surface area contributed by atoms with Gasteiger partial charge in [0.05, 0.1) is 25.0 Å². The van der Waals surface area contributed by atoms with E-state index >= 15 is 0 Å². The molecule has 66 valence electrons. The molecule has 0 amide bonds. The fraction of sp³-hybridized carbons (Fsp3) is 0.500. The molecule has 4 nitrogen and oxygen atoms in total. The zero-order valence-corrected chi connectivity index (χ0v) is 7.44. The van der Waals surface area contributed by atoms with Gasteiger partial charge in [-0.05, 0) is 6.92 Å². The number of hydrogen-bond donors (Lipinski definition) is 0. The van der Waals surface area contributed by atoms with Crippen molar-refractivity contribution < 1.29 is 9.53 Å². The summed E-state index contributed by atoms with van der Waals surface area (Å²) in [6, 6.07) is 0. The summed E-state index contributed by atoms with van der Waals surface area (Å²) in [5.74, 6) is -0.485. The van der Waals surface area contributed by atoms with Crippen molar-refractivity contribution in [3.63, 3.8) is 0 Å². The third-order valence-corrected chi connectivity index (χ3v) is 1.85. The van der Waals surface area contributed by atoms with Crippen molar-refractivity contribution >= 4 is 5.97 Å². The molecule has 1 aromatic rings. The van der Waals surface area contributed by atoms with Crippen LogP contribution < -0.4 is 0 Å².